The number of nitrogens with one attached hydrogen (secondary N) is 1. The van der Waals surface area contributed by atoms with E-state index in [0.29, 0.717) is 42.9 Å². The third kappa shape index (κ3) is 10.1. The van der Waals surface area contributed by atoms with Crippen molar-refractivity contribution in [2.75, 3.05) is 26.4 Å². The number of carbonyl (C=O) groups is 2. The number of ether oxygens (including phenoxy) is 3. The number of rotatable bonds is 16. The Labute approximate surface area is 234 Å². The van der Waals surface area contributed by atoms with Crippen molar-refractivity contribution in [1.29, 1.82) is 0 Å². The van der Waals surface area contributed by atoms with Crippen LogP contribution in [0.1, 0.15) is 67.1 Å². The Bertz CT molecular complexity index is 1110. The molecule has 1 aromatic rings. The summed E-state index contributed by atoms with van der Waals surface area (Å²) in [5.41, 5.74) is 3.96. The molecule has 1 amide bonds. The highest BCUT2D eigenvalue weighted by Gasteiger charge is 2.33. The standard InChI is InChI=1S/C28H46NO8PSi/c1-9-20(3)37-38(32,33)16-14-29-24(30)13-11-19(2)10-12-22-26(34-5)21(4)23-18-36-28(31)25(23)27(22)35-15-17-39(6,7)8/h10,20H,9,11-18H2,1-8H3,(H,29,30)(H,32,33). The Morgan fingerprint density at radius 3 is 2.56 bits per heavy atom. The number of allylic oxidation sites excluding steroid dienone is 2. The average molecular weight is 584 g/mol. The zero-order valence-corrected chi connectivity index (χ0v) is 26.7. The highest BCUT2D eigenvalue weighted by atomic mass is 31.2. The Morgan fingerprint density at radius 2 is 1.95 bits per heavy atom. The maximum Gasteiger partial charge on any atom is 0.342 e. The van der Waals surface area contributed by atoms with Crippen LogP contribution >= 0.6 is 7.60 Å². The van der Waals surface area contributed by atoms with Crippen LogP contribution in [0.4, 0.5) is 0 Å². The van der Waals surface area contributed by atoms with Gasteiger partial charge < -0.3 is 28.9 Å². The monoisotopic (exact) mass is 583 g/mol. The van der Waals surface area contributed by atoms with E-state index in [2.05, 4.69) is 25.0 Å². The number of benzene rings is 1. The topological polar surface area (TPSA) is 120 Å². The predicted molar refractivity (Wildman–Crippen MR) is 156 cm³/mol. The highest BCUT2D eigenvalue weighted by Crippen LogP contribution is 2.44. The zero-order valence-electron chi connectivity index (χ0n) is 24.8. The molecule has 2 rings (SSSR count). The van der Waals surface area contributed by atoms with Crippen molar-refractivity contribution in [2.45, 2.75) is 91.8 Å². The van der Waals surface area contributed by atoms with Gasteiger partial charge in [-0.3, -0.25) is 9.36 Å². The first-order chi connectivity index (χ1) is 18.2. The molecule has 0 radical (unpaired) electrons. The number of esters is 1. The molecule has 1 heterocycles. The van der Waals surface area contributed by atoms with E-state index in [9.17, 15) is 19.0 Å². The maximum absolute atomic E-state index is 12.6. The molecule has 0 bridgehead atoms. The van der Waals surface area contributed by atoms with Gasteiger partial charge in [0.05, 0.1) is 26.0 Å². The summed E-state index contributed by atoms with van der Waals surface area (Å²) in [5, 5.41) is 2.70. The van der Waals surface area contributed by atoms with Gasteiger partial charge in [-0.1, -0.05) is 38.2 Å². The van der Waals surface area contributed by atoms with Crippen molar-refractivity contribution in [1.82, 2.24) is 5.32 Å². The van der Waals surface area contributed by atoms with Gasteiger partial charge in [0.25, 0.3) is 0 Å². The summed E-state index contributed by atoms with van der Waals surface area (Å²) in [7, 11) is -3.47. The van der Waals surface area contributed by atoms with Gasteiger partial charge in [-0.25, -0.2) is 4.79 Å². The van der Waals surface area contributed by atoms with Crippen LogP contribution in [-0.2, 0) is 31.6 Å². The first kappa shape index (κ1) is 33.1. The van der Waals surface area contributed by atoms with E-state index in [4.69, 9.17) is 18.7 Å². The molecular formula is C28H46NO8PSi. The first-order valence-corrected chi connectivity index (χ1v) is 19.1. The van der Waals surface area contributed by atoms with Gasteiger partial charge in [-0.2, -0.15) is 0 Å². The van der Waals surface area contributed by atoms with E-state index >= 15 is 0 Å². The normalized spacial score (nSPS) is 15.8. The third-order valence-corrected chi connectivity index (χ3v) is 9.94. The van der Waals surface area contributed by atoms with Crippen LogP contribution in [0.5, 0.6) is 11.5 Å². The van der Waals surface area contributed by atoms with Gasteiger partial charge in [0, 0.05) is 32.2 Å². The number of methoxy groups -OCH3 is 1. The van der Waals surface area contributed by atoms with Crippen molar-refractivity contribution in [3.05, 3.63) is 33.9 Å². The number of hydrogen-bond donors (Lipinski definition) is 2. The molecule has 2 atom stereocenters. The average Bonchev–Trinajstić information content (AvgIpc) is 3.23. The van der Waals surface area contributed by atoms with Crippen LogP contribution in [0.2, 0.25) is 25.7 Å². The molecule has 0 aromatic heterocycles. The smallest absolute Gasteiger partial charge is 0.342 e. The van der Waals surface area contributed by atoms with E-state index in [1.807, 2.05) is 26.8 Å². The predicted octanol–water partition coefficient (Wildman–Crippen LogP) is 5.78. The second-order valence-corrected chi connectivity index (χ2v) is 18.9. The number of cyclic esters (lactones) is 1. The van der Waals surface area contributed by atoms with Crippen LogP contribution in [0.15, 0.2) is 11.6 Å². The van der Waals surface area contributed by atoms with Gasteiger partial charge in [-0.05, 0) is 51.6 Å². The minimum Gasteiger partial charge on any atom is -0.496 e. The largest absolute Gasteiger partial charge is 0.496 e. The summed E-state index contributed by atoms with van der Waals surface area (Å²) in [6.45, 7) is 15.1. The number of fused-ring (bicyclic) bond motifs is 1. The molecule has 220 valence electrons. The van der Waals surface area contributed by atoms with Crippen LogP contribution in [0, 0.1) is 6.92 Å². The fourth-order valence-electron chi connectivity index (χ4n) is 4.15. The Morgan fingerprint density at radius 1 is 1.26 bits per heavy atom. The second-order valence-electron chi connectivity index (χ2n) is 11.3. The molecule has 0 aliphatic carbocycles. The molecule has 39 heavy (non-hydrogen) atoms. The molecule has 1 aliphatic heterocycles. The Kier molecular flexibility index (Phi) is 12.3. The first-order valence-electron chi connectivity index (χ1n) is 13.6. The molecule has 2 N–H and O–H groups in total. The van der Waals surface area contributed by atoms with E-state index < -0.39 is 15.7 Å². The van der Waals surface area contributed by atoms with Gasteiger partial charge in [0.15, 0.2) is 0 Å². The Hall–Kier alpha value is -2.13. The summed E-state index contributed by atoms with van der Waals surface area (Å²) in [5.74, 6) is 0.641. The van der Waals surface area contributed by atoms with E-state index in [0.717, 1.165) is 28.3 Å². The number of carbonyl (C=O) groups excluding carboxylic acids is 2. The van der Waals surface area contributed by atoms with Crippen LogP contribution < -0.4 is 14.8 Å². The fourth-order valence-corrected chi connectivity index (χ4v) is 6.08. The molecule has 0 fully saturated rings. The van der Waals surface area contributed by atoms with E-state index in [1.54, 1.807) is 14.0 Å². The van der Waals surface area contributed by atoms with Crippen LogP contribution in [0.25, 0.3) is 0 Å². The summed E-state index contributed by atoms with van der Waals surface area (Å²) in [6, 6.07) is 0.950. The third-order valence-electron chi connectivity index (χ3n) is 6.76. The van der Waals surface area contributed by atoms with E-state index in [-0.39, 0.29) is 43.7 Å². The van der Waals surface area contributed by atoms with Crippen molar-refractivity contribution in [2.24, 2.45) is 0 Å². The molecule has 0 saturated carbocycles. The molecule has 0 saturated heterocycles. The lowest BCUT2D eigenvalue weighted by Gasteiger charge is -2.21. The van der Waals surface area contributed by atoms with Crippen molar-refractivity contribution < 1.29 is 37.8 Å². The lowest BCUT2D eigenvalue weighted by Crippen LogP contribution is -2.26. The molecule has 1 aliphatic rings. The summed E-state index contributed by atoms with van der Waals surface area (Å²) < 4.78 is 34.6. The lowest BCUT2D eigenvalue weighted by molar-refractivity contribution is -0.120. The van der Waals surface area contributed by atoms with Gasteiger partial charge in [-0.15, -0.1) is 0 Å². The minimum atomic E-state index is -3.73. The maximum atomic E-state index is 12.6. The molecular weight excluding hydrogens is 537 g/mol. The number of hydrogen-bond acceptors (Lipinski definition) is 7. The lowest BCUT2D eigenvalue weighted by atomic mass is 9.94. The molecule has 1 aromatic carbocycles. The molecule has 2 unspecified atom stereocenters. The molecule has 0 spiro atoms. The van der Waals surface area contributed by atoms with Gasteiger partial charge >= 0.3 is 13.6 Å². The number of amides is 1. The van der Waals surface area contributed by atoms with Gasteiger partial charge in [0.2, 0.25) is 5.91 Å². The second kappa shape index (κ2) is 14.5. The quantitative estimate of drug-likeness (QED) is 0.109. The summed E-state index contributed by atoms with van der Waals surface area (Å²) >= 11 is 0. The van der Waals surface area contributed by atoms with Crippen molar-refractivity contribution in [3.8, 4) is 11.5 Å². The highest BCUT2D eigenvalue weighted by molar-refractivity contribution is 7.52. The van der Waals surface area contributed by atoms with Crippen LogP contribution in [-0.4, -0.2) is 57.4 Å². The fraction of sp³-hybridized carbons (Fsp3) is 0.643. The van der Waals surface area contributed by atoms with Gasteiger partial charge in [0.1, 0.15) is 23.7 Å². The Balaban J connectivity index is 2.09. The molecule has 11 heteroatoms. The van der Waals surface area contributed by atoms with Crippen LogP contribution in [0.3, 0.4) is 0 Å². The van der Waals surface area contributed by atoms with Crippen molar-refractivity contribution in [3.63, 3.8) is 0 Å². The summed E-state index contributed by atoms with van der Waals surface area (Å²) in [6.07, 6.45) is 3.46. The zero-order chi connectivity index (χ0) is 29.4. The summed E-state index contributed by atoms with van der Waals surface area (Å²) in [4.78, 5) is 34.9. The van der Waals surface area contributed by atoms with E-state index in [1.165, 1.54) is 0 Å². The minimum absolute atomic E-state index is 0.0750. The van der Waals surface area contributed by atoms with Crippen molar-refractivity contribution >= 4 is 27.5 Å². The molecule has 9 nitrogen and oxygen atoms in total. The SMILES string of the molecule is CCC(C)OP(=O)(O)CCNC(=O)CCC(C)=CCc1c(OC)c(C)c2c(c1OCC[Si](C)(C)C)C(=O)OC2.